The summed E-state index contributed by atoms with van der Waals surface area (Å²) >= 11 is 9.46. The van der Waals surface area contributed by atoms with E-state index in [1.165, 1.54) is 32.1 Å². The molecule has 0 aliphatic carbocycles. The van der Waals surface area contributed by atoms with Crippen molar-refractivity contribution in [1.29, 1.82) is 0 Å². The van der Waals surface area contributed by atoms with Gasteiger partial charge in [-0.1, -0.05) is 18.0 Å². The predicted octanol–water partition coefficient (Wildman–Crippen LogP) is 3.92. The van der Waals surface area contributed by atoms with Crippen molar-refractivity contribution in [3.8, 4) is 0 Å². The Balaban J connectivity index is 1.70. The number of nitrogens with zero attached hydrogens (tertiary/aromatic N) is 2. The highest BCUT2D eigenvalue weighted by molar-refractivity contribution is 9.10. The lowest BCUT2D eigenvalue weighted by Gasteiger charge is -2.47. The molecule has 2 saturated heterocycles. The van der Waals surface area contributed by atoms with Gasteiger partial charge in [0.25, 0.3) is 0 Å². The zero-order valence-corrected chi connectivity index (χ0v) is 13.4. The van der Waals surface area contributed by atoms with Crippen molar-refractivity contribution in [3.63, 3.8) is 0 Å². The van der Waals surface area contributed by atoms with Crippen LogP contribution in [0.15, 0.2) is 16.7 Å². The van der Waals surface area contributed by atoms with E-state index in [2.05, 4.69) is 38.2 Å². The summed E-state index contributed by atoms with van der Waals surface area (Å²) in [5.74, 6) is 0.914. The van der Waals surface area contributed by atoms with E-state index in [4.69, 9.17) is 11.6 Å². The van der Waals surface area contributed by atoms with Gasteiger partial charge in [-0.15, -0.1) is 0 Å². The van der Waals surface area contributed by atoms with Gasteiger partial charge in [0.15, 0.2) is 0 Å². The fourth-order valence-electron chi connectivity index (χ4n) is 3.45. The van der Waals surface area contributed by atoms with Gasteiger partial charge < -0.3 is 10.2 Å². The molecule has 0 radical (unpaired) electrons. The van der Waals surface area contributed by atoms with Crippen LogP contribution < -0.4 is 5.32 Å². The minimum atomic E-state index is 0.525. The quantitative estimate of drug-likeness (QED) is 0.881. The molecule has 2 aliphatic rings. The van der Waals surface area contributed by atoms with Crippen LogP contribution in [0.1, 0.15) is 32.1 Å². The Morgan fingerprint density at radius 1 is 1.37 bits per heavy atom. The van der Waals surface area contributed by atoms with E-state index in [9.17, 15) is 0 Å². The van der Waals surface area contributed by atoms with Crippen molar-refractivity contribution in [2.24, 2.45) is 0 Å². The van der Waals surface area contributed by atoms with Gasteiger partial charge in [0, 0.05) is 24.3 Å². The van der Waals surface area contributed by atoms with Crippen molar-refractivity contribution >= 4 is 33.3 Å². The molecular weight excluding hydrogens is 326 g/mol. The Kier molecular flexibility index (Phi) is 4.01. The Morgan fingerprint density at radius 3 is 2.68 bits per heavy atom. The summed E-state index contributed by atoms with van der Waals surface area (Å²) < 4.78 is 0.948. The molecule has 1 aromatic heterocycles. The monoisotopic (exact) mass is 343 g/mol. The number of pyridine rings is 1. The second-order valence-electron chi connectivity index (χ2n) is 5.70. The molecule has 3 heterocycles. The van der Waals surface area contributed by atoms with Crippen molar-refractivity contribution in [3.05, 3.63) is 21.8 Å². The molecule has 1 aromatic rings. The molecule has 104 valence electrons. The number of hydrogen-bond donors (Lipinski definition) is 1. The molecule has 5 heteroatoms. The van der Waals surface area contributed by atoms with Crippen LogP contribution >= 0.6 is 27.5 Å². The molecule has 3 nitrogen and oxygen atoms in total. The summed E-state index contributed by atoms with van der Waals surface area (Å²) in [6, 6.07) is 3.88. The molecule has 19 heavy (non-hydrogen) atoms. The molecule has 0 spiro atoms. The van der Waals surface area contributed by atoms with Crippen LogP contribution in [-0.4, -0.2) is 35.1 Å². The summed E-state index contributed by atoms with van der Waals surface area (Å²) in [7, 11) is 2.28. The first-order chi connectivity index (χ1) is 9.13. The first-order valence-corrected chi connectivity index (χ1v) is 8.10. The Labute approximate surface area is 127 Å². The predicted molar refractivity (Wildman–Crippen MR) is 82.8 cm³/mol. The second-order valence-corrected chi connectivity index (χ2v) is 6.99. The highest BCUT2D eigenvalue weighted by atomic mass is 79.9. The van der Waals surface area contributed by atoms with Crippen molar-refractivity contribution in [1.82, 2.24) is 9.88 Å². The lowest BCUT2D eigenvalue weighted by Crippen LogP contribution is -2.52. The third-order valence-corrected chi connectivity index (χ3v) is 5.30. The SMILES string of the molecule is CN1C2CCCC1CC(Nc1ncc(Cl)cc1Br)C2. The number of rotatable bonds is 2. The van der Waals surface area contributed by atoms with Gasteiger partial charge >= 0.3 is 0 Å². The lowest BCUT2D eigenvalue weighted by molar-refractivity contribution is 0.0608. The highest BCUT2D eigenvalue weighted by Crippen LogP contribution is 2.34. The minimum absolute atomic E-state index is 0.525. The number of piperidine rings is 2. The van der Waals surface area contributed by atoms with Gasteiger partial charge in [-0.3, -0.25) is 0 Å². The molecule has 0 aromatic carbocycles. The molecule has 2 aliphatic heterocycles. The summed E-state index contributed by atoms with van der Waals surface area (Å²) in [6.07, 6.45) is 8.17. The third kappa shape index (κ3) is 2.91. The summed E-state index contributed by atoms with van der Waals surface area (Å²) in [5.41, 5.74) is 0. The number of halogens is 2. The summed E-state index contributed by atoms with van der Waals surface area (Å²) in [6.45, 7) is 0. The zero-order chi connectivity index (χ0) is 13.4. The Bertz CT molecular complexity index is 454. The van der Waals surface area contributed by atoms with Crippen molar-refractivity contribution in [2.45, 2.75) is 50.2 Å². The minimum Gasteiger partial charge on any atom is -0.366 e. The molecule has 2 atom stereocenters. The van der Waals surface area contributed by atoms with Gasteiger partial charge in [-0.25, -0.2) is 4.98 Å². The molecular formula is C14H19BrClN3. The van der Waals surface area contributed by atoms with Gasteiger partial charge in [-0.05, 0) is 54.7 Å². The standard InChI is InChI=1S/C14H19BrClN3/c1-19-11-3-2-4-12(19)7-10(6-11)18-14-13(15)5-9(16)8-17-14/h5,8,10-12H,2-4,6-7H2,1H3,(H,17,18). The average molecular weight is 345 g/mol. The zero-order valence-electron chi connectivity index (χ0n) is 11.1. The smallest absolute Gasteiger partial charge is 0.140 e. The number of fused-ring (bicyclic) bond motifs is 2. The third-order valence-electron chi connectivity index (χ3n) is 4.49. The van der Waals surface area contributed by atoms with Crippen LogP contribution in [0.5, 0.6) is 0 Å². The topological polar surface area (TPSA) is 28.2 Å². The van der Waals surface area contributed by atoms with E-state index >= 15 is 0 Å². The maximum Gasteiger partial charge on any atom is 0.140 e. The van der Waals surface area contributed by atoms with Gasteiger partial charge in [-0.2, -0.15) is 0 Å². The van der Waals surface area contributed by atoms with Crippen LogP contribution in [-0.2, 0) is 0 Å². The summed E-state index contributed by atoms with van der Waals surface area (Å²) in [5, 5.41) is 4.25. The van der Waals surface area contributed by atoms with E-state index in [0.717, 1.165) is 22.4 Å². The van der Waals surface area contributed by atoms with Crippen LogP contribution in [0.2, 0.25) is 5.02 Å². The van der Waals surface area contributed by atoms with Gasteiger partial charge in [0.05, 0.1) is 9.50 Å². The normalized spacial score (nSPS) is 31.2. The molecule has 1 N–H and O–H groups in total. The van der Waals surface area contributed by atoms with E-state index in [0.29, 0.717) is 11.1 Å². The first-order valence-electron chi connectivity index (χ1n) is 6.93. The van der Waals surface area contributed by atoms with Crippen LogP contribution in [0.3, 0.4) is 0 Å². The number of hydrogen-bond acceptors (Lipinski definition) is 3. The number of aromatic nitrogens is 1. The van der Waals surface area contributed by atoms with Crippen LogP contribution in [0.25, 0.3) is 0 Å². The number of anilines is 1. The maximum absolute atomic E-state index is 5.93. The molecule has 2 fully saturated rings. The van der Waals surface area contributed by atoms with Gasteiger partial charge in [0.1, 0.15) is 5.82 Å². The highest BCUT2D eigenvalue weighted by Gasteiger charge is 2.36. The van der Waals surface area contributed by atoms with Gasteiger partial charge in [0.2, 0.25) is 0 Å². The van der Waals surface area contributed by atoms with Crippen LogP contribution in [0.4, 0.5) is 5.82 Å². The van der Waals surface area contributed by atoms with Crippen molar-refractivity contribution in [2.75, 3.05) is 12.4 Å². The molecule has 2 unspecified atom stereocenters. The largest absolute Gasteiger partial charge is 0.366 e. The molecule has 0 saturated carbocycles. The van der Waals surface area contributed by atoms with E-state index in [-0.39, 0.29) is 0 Å². The van der Waals surface area contributed by atoms with E-state index in [1.54, 1.807) is 6.20 Å². The second kappa shape index (κ2) is 5.58. The fourth-order valence-corrected chi connectivity index (χ4v) is 4.20. The summed E-state index contributed by atoms with van der Waals surface area (Å²) in [4.78, 5) is 6.96. The Morgan fingerprint density at radius 2 is 2.05 bits per heavy atom. The maximum atomic E-state index is 5.93. The molecule has 0 amide bonds. The number of nitrogens with one attached hydrogen (secondary N) is 1. The lowest BCUT2D eigenvalue weighted by atomic mass is 9.82. The molecule has 2 bridgehead atoms. The van der Waals surface area contributed by atoms with Crippen LogP contribution in [0, 0.1) is 0 Å². The molecule has 3 rings (SSSR count). The first kappa shape index (κ1) is 13.7. The average Bonchev–Trinajstić information content (AvgIpc) is 2.34. The van der Waals surface area contributed by atoms with Crippen molar-refractivity contribution < 1.29 is 0 Å². The van der Waals surface area contributed by atoms with E-state index < -0.39 is 0 Å². The Hall–Kier alpha value is -0.320. The van der Waals surface area contributed by atoms with E-state index in [1.807, 2.05) is 6.07 Å². The fraction of sp³-hybridized carbons (Fsp3) is 0.643.